The van der Waals surface area contributed by atoms with Crippen LogP contribution in [0.15, 0.2) is 18.2 Å². The highest BCUT2D eigenvalue weighted by Crippen LogP contribution is 2.38. The number of nitrogens with zero attached hydrogens (tertiary/aromatic N) is 1. The number of hydrogen-bond acceptors (Lipinski definition) is 4. The number of benzene rings is 1. The fourth-order valence-electron chi connectivity index (χ4n) is 3.10. The average molecular weight is 289 g/mol. The van der Waals surface area contributed by atoms with Gasteiger partial charge in [-0.05, 0) is 25.5 Å². The maximum absolute atomic E-state index is 12.0. The molecule has 2 aliphatic heterocycles. The molecular weight excluding hydrogens is 270 g/mol. The van der Waals surface area contributed by atoms with Crippen molar-refractivity contribution in [3.63, 3.8) is 0 Å². The van der Waals surface area contributed by atoms with Gasteiger partial charge >= 0.3 is 0 Å². The number of aliphatic hydroxyl groups is 1. The average Bonchev–Trinajstić information content (AvgIpc) is 3.00. The van der Waals surface area contributed by atoms with E-state index in [4.69, 9.17) is 0 Å². The standard InChI is InChI=1S/C15H19N3O3/c1-15(14(21)16-2)5-6-18(8-15)9-3-4-10-11(7-9)17-13(20)12(10)19/h3-4,7,12,19H,5-6,8H2,1-2H3,(H,16,21)(H,17,20). The highest BCUT2D eigenvalue weighted by Gasteiger charge is 2.40. The van der Waals surface area contributed by atoms with Crippen LogP contribution in [-0.4, -0.2) is 37.1 Å². The number of amides is 2. The number of hydrogen-bond donors (Lipinski definition) is 3. The lowest BCUT2D eigenvalue weighted by Gasteiger charge is -2.24. The summed E-state index contributed by atoms with van der Waals surface area (Å²) in [5.41, 5.74) is 1.82. The number of anilines is 2. The Morgan fingerprint density at radius 1 is 1.52 bits per heavy atom. The monoisotopic (exact) mass is 289 g/mol. The molecule has 0 aromatic heterocycles. The van der Waals surface area contributed by atoms with Crippen LogP contribution < -0.4 is 15.5 Å². The third-order valence-corrected chi connectivity index (χ3v) is 4.45. The molecule has 1 aromatic rings. The van der Waals surface area contributed by atoms with Crippen molar-refractivity contribution in [3.05, 3.63) is 23.8 Å². The van der Waals surface area contributed by atoms with E-state index < -0.39 is 17.4 Å². The Morgan fingerprint density at radius 3 is 3.00 bits per heavy atom. The molecule has 0 radical (unpaired) electrons. The van der Waals surface area contributed by atoms with Crippen LogP contribution in [0.5, 0.6) is 0 Å². The van der Waals surface area contributed by atoms with E-state index in [9.17, 15) is 14.7 Å². The molecule has 0 saturated carbocycles. The van der Waals surface area contributed by atoms with Gasteiger partial charge in [-0.1, -0.05) is 6.07 Å². The van der Waals surface area contributed by atoms with E-state index in [1.54, 1.807) is 13.1 Å². The van der Waals surface area contributed by atoms with Crippen LogP contribution in [0.3, 0.4) is 0 Å². The predicted octanol–water partition coefficient (Wildman–Crippen LogP) is 0.634. The fraction of sp³-hybridized carbons (Fsp3) is 0.467. The maximum Gasteiger partial charge on any atom is 0.257 e. The lowest BCUT2D eigenvalue weighted by atomic mass is 9.89. The molecule has 3 N–H and O–H groups in total. The summed E-state index contributed by atoms with van der Waals surface area (Å²) in [6, 6.07) is 5.51. The lowest BCUT2D eigenvalue weighted by molar-refractivity contribution is -0.128. The summed E-state index contributed by atoms with van der Waals surface area (Å²) in [7, 11) is 1.66. The van der Waals surface area contributed by atoms with E-state index in [1.165, 1.54) is 0 Å². The third-order valence-electron chi connectivity index (χ3n) is 4.45. The summed E-state index contributed by atoms with van der Waals surface area (Å²) in [5, 5.41) is 15.1. The first-order valence-corrected chi connectivity index (χ1v) is 7.05. The largest absolute Gasteiger partial charge is 0.378 e. The van der Waals surface area contributed by atoms with E-state index in [2.05, 4.69) is 15.5 Å². The van der Waals surface area contributed by atoms with Crippen LogP contribution in [0.1, 0.15) is 25.0 Å². The summed E-state index contributed by atoms with van der Waals surface area (Å²) in [5.74, 6) is -0.339. The van der Waals surface area contributed by atoms with Crippen LogP contribution in [0.2, 0.25) is 0 Å². The molecule has 0 bridgehead atoms. The highest BCUT2D eigenvalue weighted by atomic mass is 16.3. The van der Waals surface area contributed by atoms with E-state index in [-0.39, 0.29) is 5.91 Å². The molecule has 0 spiro atoms. The molecule has 6 nitrogen and oxygen atoms in total. The van der Waals surface area contributed by atoms with Crippen LogP contribution >= 0.6 is 0 Å². The molecule has 0 aliphatic carbocycles. The van der Waals surface area contributed by atoms with Crippen LogP contribution in [0.4, 0.5) is 11.4 Å². The Balaban J connectivity index is 1.83. The van der Waals surface area contributed by atoms with Crippen molar-refractivity contribution < 1.29 is 14.7 Å². The minimum atomic E-state index is -1.08. The van der Waals surface area contributed by atoms with Gasteiger partial charge in [0.2, 0.25) is 5.91 Å². The number of nitrogens with one attached hydrogen (secondary N) is 2. The number of aliphatic hydroxyl groups excluding tert-OH is 1. The van der Waals surface area contributed by atoms with E-state index >= 15 is 0 Å². The van der Waals surface area contributed by atoms with Gasteiger partial charge < -0.3 is 20.6 Å². The molecule has 2 unspecified atom stereocenters. The van der Waals surface area contributed by atoms with Crippen molar-refractivity contribution in [2.75, 3.05) is 30.4 Å². The molecule has 6 heteroatoms. The molecule has 21 heavy (non-hydrogen) atoms. The molecule has 1 fully saturated rings. The Morgan fingerprint density at radius 2 is 2.29 bits per heavy atom. The quantitative estimate of drug-likeness (QED) is 0.746. The number of carbonyl (C=O) groups excluding carboxylic acids is 2. The molecule has 3 rings (SSSR count). The Bertz CT molecular complexity index is 616. The van der Waals surface area contributed by atoms with Crippen LogP contribution in [-0.2, 0) is 9.59 Å². The van der Waals surface area contributed by atoms with Gasteiger partial charge in [-0.25, -0.2) is 0 Å². The topological polar surface area (TPSA) is 81.7 Å². The molecule has 1 saturated heterocycles. The molecule has 2 aliphatic rings. The zero-order valence-corrected chi connectivity index (χ0v) is 12.1. The van der Waals surface area contributed by atoms with Crippen molar-refractivity contribution in [3.8, 4) is 0 Å². The zero-order chi connectivity index (χ0) is 15.2. The van der Waals surface area contributed by atoms with Crippen LogP contribution in [0.25, 0.3) is 0 Å². The Labute approximate surface area is 123 Å². The molecule has 2 heterocycles. The van der Waals surface area contributed by atoms with Gasteiger partial charge in [0.15, 0.2) is 6.10 Å². The second-order valence-electron chi connectivity index (χ2n) is 5.97. The first-order chi connectivity index (χ1) is 9.94. The van der Waals surface area contributed by atoms with Crippen LogP contribution in [0, 0.1) is 5.41 Å². The molecular formula is C15H19N3O3. The summed E-state index contributed by atoms with van der Waals surface area (Å²) in [6.45, 7) is 3.39. The molecule has 112 valence electrons. The molecule has 1 aromatic carbocycles. The van der Waals surface area contributed by atoms with E-state index in [1.807, 2.05) is 19.1 Å². The van der Waals surface area contributed by atoms with E-state index in [0.29, 0.717) is 17.8 Å². The van der Waals surface area contributed by atoms with Crippen molar-refractivity contribution in [1.29, 1.82) is 0 Å². The van der Waals surface area contributed by atoms with Crippen molar-refractivity contribution in [1.82, 2.24) is 5.32 Å². The fourth-order valence-corrected chi connectivity index (χ4v) is 3.10. The first kappa shape index (κ1) is 13.9. The highest BCUT2D eigenvalue weighted by molar-refractivity contribution is 6.02. The smallest absolute Gasteiger partial charge is 0.257 e. The van der Waals surface area contributed by atoms with Crippen molar-refractivity contribution in [2.24, 2.45) is 5.41 Å². The minimum Gasteiger partial charge on any atom is -0.378 e. The van der Waals surface area contributed by atoms with E-state index in [0.717, 1.165) is 18.7 Å². The number of rotatable bonds is 2. The Kier molecular flexibility index (Phi) is 3.13. The zero-order valence-electron chi connectivity index (χ0n) is 12.1. The van der Waals surface area contributed by atoms with Gasteiger partial charge in [0, 0.05) is 37.1 Å². The normalized spacial score (nSPS) is 27.5. The maximum atomic E-state index is 12.0. The first-order valence-electron chi connectivity index (χ1n) is 7.05. The third kappa shape index (κ3) is 2.15. The summed E-state index contributed by atoms with van der Waals surface area (Å²) >= 11 is 0. The van der Waals surface area contributed by atoms with Gasteiger partial charge in [-0.2, -0.15) is 0 Å². The predicted molar refractivity (Wildman–Crippen MR) is 79.0 cm³/mol. The second-order valence-corrected chi connectivity index (χ2v) is 5.97. The van der Waals surface area contributed by atoms with Gasteiger partial charge in [-0.15, -0.1) is 0 Å². The number of fused-ring (bicyclic) bond motifs is 1. The SMILES string of the molecule is CNC(=O)C1(C)CCN(c2ccc3c(c2)NC(=O)C3O)C1. The van der Waals surface area contributed by atoms with Gasteiger partial charge in [0.25, 0.3) is 5.91 Å². The minimum absolute atomic E-state index is 0.0508. The van der Waals surface area contributed by atoms with Crippen molar-refractivity contribution in [2.45, 2.75) is 19.4 Å². The summed E-state index contributed by atoms with van der Waals surface area (Å²) < 4.78 is 0. The number of carbonyl (C=O) groups is 2. The van der Waals surface area contributed by atoms with Gasteiger partial charge in [0.05, 0.1) is 5.41 Å². The Hall–Kier alpha value is -2.08. The lowest BCUT2D eigenvalue weighted by Crippen LogP contribution is -2.39. The molecule has 2 atom stereocenters. The summed E-state index contributed by atoms with van der Waals surface area (Å²) in [6.07, 6.45) is -0.289. The van der Waals surface area contributed by atoms with Gasteiger partial charge in [0.1, 0.15) is 0 Å². The molecule has 2 amide bonds. The second kappa shape index (κ2) is 4.73. The summed E-state index contributed by atoms with van der Waals surface area (Å²) in [4.78, 5) is 25.6. The van der Waals surface area contributed by atoms with Crippen molar-refractivity contribution >= 4 is 23.2 Å². The van der Waals surface area contributed by atoms with Gasteiger partial charge in [-0.3, -0.25) is 9.59 Å².